The molecule has 6 heteroatoms. The summed E-state index contributed by atoms with van der Waals surface area (Å²) in [6, 6.07) is 0. The van der Waals surface area contributed by atoms with Gasteiger partial charge in [-0.05, 0) is 19.3 Å². The molecule has 0 aliphatic carbocycles. The monoisotopic (exact) mass is 267 g/mol. The quantitative estimate of drug-likeness (QED) is 0.436. The van der Waals surface area contributed by atoms with Crippen molar-refractivity contribution in [3.63, 3.8) is 0 Å². The van der Waals surface area contributed by atoms with Crippen LogP contribution in [0.2, 0.25) is 0 Å². The second-order valence-corrected chi connectivity index (χ2v) is 4.32. The Morgan fingerprint density at radius 2 is 1.89 bits per heavy atom. The summed E-state index contributed by atoms with van der Waals surface area (Å²) in [5.41, 5.74) is 0. The SMILES string of the molecule is CCCCN(C)C(=NC)NCCCCC(F)(F)F. The van der Waals surface area contributed by atoms with Gasteiger partial charge in [0.2, 0.25) is 0 Å². The summed E-state index contributed by atoms with van der Waals surface area (Å²) >= 11 is 0. The van der Waals surface area contributed by atoms with Crippen LogP contribution < -0.4 is 5.32 Å². The lowest BCUT2D eigenvalue weighted by Gasteiger charge is -2.21. The molecular formula is C12H24F3N3. The third-order valence-corrected chi connectivity index (χ3v) is 2.59. The fraction of sp³-hybridized carbons (Fsp3) is 0.917. The minimum absolute atomic E-state index is 0.159. The smallest absolute Gasteiger partial charge is 0.356 e. The van der Waals surface area contributed by atoms with Gasteiger partial charge in [0.25, 0.3) is 0 Å². The molecule has 18 heavy (non-hydrogen) atoms. The van der Waals surface area contributed by atoms with Crippen LogP contribution in [0.15, 0.2) is 4.99 Å². The number of nitrogens with zero attached hydrogens (tertiary/aromatic N) is 2. The molecule has 0 aliphatic heterocycles. The number of guanidine groups is 1. The highest BCUT2D eigenvalue weighted by Crippen LogP contribution is 2.21. The van der Waals surface area contributed by atoms with E-state index in [1.54, 1.807) is 7.05 Å². The molecule has 0 unspecified atom stereocenters. The summed E-state index contributed by atoms with van der Waals surface area (Å²) in [5.74, 6) is 0.746. The van der Waals surface area contributed by atoms with Crippen molar-refractivity contribution in [2.24, 2.45) is 4.99 Å². The van der Waals surface area contributed by atoms with E-state index >= 15 is 0 Å². The average molecular weight is 267 g/mol. The van der Waals surface area contributed by atoms with E-state index in [0.717, 1.165) is 25.3 Å². The molecule has 0 amide bonds. The second-order valence-electron chi connectivity index (χ2n) is 4.32. The zero-order valence-electron chi connectivity index (χ0n) is 11.5. The van der Waals surface area contributed by atoms with Crippen LogP contribution in [0.3, 0.4) is 0 Å². The summed E-state index contributed by atoms with van der Waals surface area (Å²) in [6.07, 6.45) is -1.91. The fourth-order valence-corrected chi connectivity index (χ4v) is 1.54. The lowest BCUT2D eigenvalue weighted by molar-refractivity contribution is -0.135. The summed E-state index contributed by atoms with van der Waals surface area (Å²) in [4.78, 5) is 6.09. The van der Waals surface area contributed by atoms with Crippen molar-refractivity contribution in [2.75, 3.05) is 27.2 Å². The fourth-order valence-electron chi connectivity index (χ4n) is 1.54. The number of hydrogen-bond acceptors (Lipinski definition) is 1. The summed E-state index contributed by atoms with van der Waals surface area (Å²) in [7, 11) is 3.61. The van der Waals surface area contributed by atoms with Gasteiger partial charge in [0.15, 0.2) is 5.96 Å². The van der Waals surface area contributed by atoms with Crippen LogP contribution in [-0.4, -0.2) is 44.2 Å². The minimum atomic E-state index is -4.04. The first-order valence-electron chi connectivity index (χ1n) is 6.39. The molecule has 0 spiro atoms. The number of rotatable bonds is 7. The molecule has 0 atom stereocenters. The highest BCUT2D eigenvalue weighted by molar-refractivity contribution is 5.79. The minimum Gasteiger partial charge on any atom is -0.356 e. The lowest BCUT2D eigenvalue weighted by Crippen LogP contribution is -2.39. The first kappa shape index (κ1) is 17.1. The second kappa shape index (κ2) is 9.05. The molecule has 0 rings (SSSR count). The van der Waals surface area contributed by atoms with Crippen molar-refractivity contribution in [1.29, 1.82) is 0 Å². The molecule has 108 valence electrons. The van der Waals surface area contributed by atoms with Crippen molar-refractivity contribution in [2.45, 2.75) is 45.2 Å². The molecule has 0 heterocycles. The Morgan fingerprint density at radius 3 is 2.39 bits per heavy atom. The maximum absolute atomic E-state index is 11.9. The van der Waals surface area contributed by atoms with Gasteiger partial charge in [-0.15, -0.1) is 0 Å². The third-order valence-electron chi connectivity index (χ3n) is 2.59. The summed E-state index contributed by atoms with van der Waals surface area (Å²) in [5, 5.41) is 3.07. The Labute approximate surface area is 107 Å². The standard InChI is InChI=1S/C12H24F3N3/c1-4-5-10-18(3)11(16-2)17-9-7-6-8-12(13,14)15/h4-10H2,1-3H3,(H,16,17). The molecule has 0 saturated carbocycles. The van der Waals surface area contributed by atoms with Gasteiger partial charge in [-0.2, -0.15) is 13.2 Å². The molecule has 1 N–H and O–H groups in total. The lowest BCUT2D eigenvalue weighted by atomic mass is 10.2. The molecule has 0 saturated heterocycles. The van der Waals surface area contributed by atoms with Crippen molar-refractivity contribution in [3.8, 4) is 0 Å². The van der Waals surface area contributed by atoms with Gasteiger partial charge in [0.1, 0.15) is 0 Å². The van der Waals surface area contributed by atoms with Gasteiger partial charge < -0.3 is 10.2 Å². The Morgan fingerprint density at radius 1 is 1.22 bits per heavy atom. The van der Waals surface area contributed by atoms with Gasteiger partial charge in [0, 0.05) is 33.6 Å². The number of unbranched alkanes of at least 4 members (excludes halogenated alkanes) is 2. The zero-order chi connectivity index (χ0) is 14.0. The summed E-state index contributed by atoms with van der Waals surface area (Å²) < 4.78 is 35.8. The molecule has 0 aromatic heterocycles. The predicted molar refractivity (Wildman–Crippen MR) is 68.8 cm³/mol. The van der Waals surface area contributed by atoms with Crippen molar-refractivity contribution in [1.82, 2.24) is 10.2 Å². The van der Waals surface area contributed by atoms with Crippen LogP contribution in [0.4, 0.5) is 13.2 Å². The van der Waals surface area contributed by atoms with Gasteiger partial charge in [-0.3, -0.25) is 4.99 Å². The van der Waals surface area contributed by atoms with Crippen LogP contribution in [-0.2, 0) is 0 Å². The Bertz CT molecular complexity index is 239. The molecule has 0 bridgehead atoms. The van der Waals surface area contributed by atoms with Gasteiger partial charge >= 0.3 is 6.18 Å². The predicted octanol–water partition coefficient (Wildman–Crippen LogP) is 3.03. The van der Waals surface area contributed by atoms with E-state index in [-0.39, 0.29) is 6.42 Å². The number of nitrogens with one attached hydrogen (secondary N) is 1. The third kappa shape index (κ3) is 9.13. The highest BCUT2D eigenvalue weighted by Gasteiger charge is 2.25. The van der Waals surface area contributed by atoms with E-state index in [4.69, 9.17) is 0 Å². The molecule has 0 aromatic rings. The normalized spacial score (nSPS) is 12.7. The number of aliphatic imine (C=N–C) groups is 1. The largest absolute Gasteiger partial charge is 0.389 e. The Kier molecular flexibility index (Phi) is 8.58. The van der Waals surface area contributed by atoms with Crippen molar-refractivity contribution >= 4 is 5.96 Å². The van der Waals surface area contributed by atoms with Crippen LogP contribution in [0.5, 0.6) is 0 Å². The van der Waals surface area contributed by atoms with Crippen LogP contribution in [0, 0.1) is 0 Å². The Hall–Kier alpha value is -0.940. The molecule has 0 aliphatic rings. The van der Waals surface area contributed by atoms with Crippen LogP contribution in [0.1, 0.15) is 39.0 Å². The first-order valence-corrected chi connectivity index (χ1v) is 6.39. The van der Waals surface area contributed by atoms with E-state index < -0.39 is 12.6 Å². The van der Waals surface area contributed by atoms with Gasteiger partial charge in [-0.25, -0.2) is 0 Å². The highest BCUT2D eigenvalue weighted by atomic mass is 19.4. The van der Waals surface area contributed by atoms with Crippen molar-refractivity contribution in [3.05, 3.63) is 0 Å². The zero-order valence-corrected chi connectivity index (χ0v) is 11.5. The van der Waals surface area contributed by atoms with Crippen LogP contribution >= 0.6 is 0 Å². The van der Waals surface area contributed by atoms with E-state index in [2.05, 4.69) is 17.2 Å². The topological polar surface area (TPSA) is 27.6 Å². The molecule has 3 nitrogen and oxygen atoms in total. The number of alkyl halides is 3. The van der Waals surface area contributed by atoms with Gasteiger partial charge in [-0.1, -0.05) is 13.3 Å². The maximum atomic E-state index is 11.9. The maximum Gasteiger partial charge on any atom is 0.389 e. The van der Waals surface area contributed by atoms with E-state index in [0.29, 0.717) is 13.0 Å². The van der Waals surface area contributed by atoms with E-state index in [9.17, 15) is 13.2 Å². The first-order chi connectivity index (χ1) is 8.40. The molecular weight excluding hydrogens is 243 g/mol. The average Bonchev–Trinajstić information content (AvgIpc) is 2.29. The van der Waals surface area contributed by atoms with E-state index in [1.165, 1.54) is 0 Å². The number of hydrogen-bond donors (Lipinski definition) is 1. The Balaban J connectivity index is 3.75. The molecule has 0 aromatic carbocycles. The van der Waals surface area contributed by atoms with Gasteiger partial charge in [0.05, 0.1) is 0 Å². The number of halogens is 3. The summed E-state index contributed by atoms with van der Waals surface area (Å²) in [6.45, 7) is 3.54. The molecule has 0 radical (unpaired) electrons. The molecule has 0 fully saturated rings. The van der Waals surface area contributed by atoms with Crippen molar-refractivity contribution < 1.29 is 13.2 Å². The van der Waals surface area contributed by atoms with Crippen LogP contribution in [0.25, 0.3) is 0 Å². The van der Waals surface area contributed by atoms with E-state index in [1.807, 2.05) is 11.9 Å².